The lowest BCUT2D eigenvalue weighted by Crippen LogP contribution is -2.51. The van der Waals surface area contributed by atoms with Crippen LogP contribution in [-0.2, 0) is 14.2 Å². The van der Waals surface area contributed by atoms with Crippen LogP contribution in [0.2, 0.25) is 0 Å². The molecular weight excluding hydrogens is 256 g/mol. The normalized spacial score (nSPS) is 39.9. The van der Waals surface area contributed by atoms with Gasteiger partial charge in [-0.1, -0.05) is 0 Å². The van der Waals surface area contributed by atoms with Crippen molar-refractivity contribution in [2.45, 2.75) is 43.7 Å². The molecule has 0 aromatic carbocycles. The highest BCUT2D eigenvalue weighted by atomic mass is 16.9. The average Bonchev–Trinajstić information content (AvgIpc) is 2.76. The van der Waals surface area contributed by atoms with Gasteiger partial charge in [-0.3, -0.25) is 0 Å². The highest BCUT2D eigenvalue weighted by molar-refractivity contribution is 5.73. The average molecular weight is 276 g/mol. The summed E-state index contributed by atoms with van der Waals surface area (Å²) >= 11 is 0. The van der Waals surface area contributed by atoms with Gasteiger partial charge in [-0.2, -0.15) is 0 Å². The van der Waals surface area contributed by atoms with E-state index in [9.17, 15) is 9.90 Å². The van der Waals surface area contributed by atoms with E-state index in [0.29, 0.717) is 0 Å². The first-order valence-electron chi connectivity index (χ1n) is 6.14. The van der Waals surface area contributed by atoms with Crippen LogP contribution in [0.1, 0.15) is 13.8 Å². The van der Waals surface area contributed by atoms with Gasteiger partial charge >= 0.3 is 6.03 Å². The number of amides is 2. The minimum absolute atomic E-state index is 0.00826. The minimum atomic E-state index is -1.29. The molecule has 2 saturated heterocycles. The number of hydrogen-bond acceptors (Lipinski definition) is 6. The molecule has 4 unspecified atom stereocenters. The van der Waals surface area contributed by atoms with Gasteiger partial charge in [0.15, 0.2) is 5.79 Å². The Balaban J connectivity index is 2.15. The van der Waals surface area contributed by atoms with Gasteiger partial charge in [0.2, 0.25) is 5.79 Å². The van der Waals surface area contributed by atoms with Crippen LogP contribution in [0.3, 0.4) is 0 Å². The molecule has 2 aliphatic rings. The maximum Gasteiger partial charge on any atom is 0.314 e. The number of hydrogen-bond donors (Lipinski definition) is 4. The van der Waals surface area contributed by atoms with E-state index in [1.807, 2.05) is 0 Å². The largest absolute Gasteiger partial charge is 0.394 e. The second-order valence-corrected chi connectivity index (χ2v) is 5.11. The van der Waals surface area contributed by atoms with E-state index in [1.165, 1.54) is 7.05 Å². The molecule has 110 valence electrons. The molecule has 2 aliphatic heterocycles. The number of nitrogens with one attached hydrogen (secondary N) is 2. The van der Waals surface area contributed by atoms with Gasteiger partial charge < -0.3 is 35.1 Å². The second kappa shape index (κ2) is 4.88. The lowest BCUT2D eigenvalue weighted by Gasteiger charge is -2.28. The Morgan fingerprint density at radius 1 is 1.37 bits per heavy atom. The highest BCUT2D eigenvalue weighted by Gasteiger charge is 2.64. The molecule has 0 aromatic heterocycles. The zero-order chi connectivity index (χ0) is 14.3. The zero-order valence-corrected chi connectivity index (χ0v) is 11.2. The summed E-state index contributed by atoms with van der Waals surface area (Å²) in [5.74, 6) is -2.22. The van der Waals surface area contributed by atoms with Crippen molar-refractivity contribution in [1.29, 1.82) is 0 Å². The van der Waals surface area contributed by atoms with E-state index in [-0.39, 0.29) is 13.2 Å². The smallest absolute Gasteiger partial charge is 0.314 e. The standard InChI is InChI=1S/C11H20N2O6/c1-10(2)18-8-7(15)6(4-14)17-11(8,19-10)5-13-9(16)12-3/h6-8,14-15H,4-5H2,1-3H3,(H2,12,13,16). The molecule has 2 heterocycles. The molecule has 0 spiro atoms. The molecule has 0 saturated carbocycles. The highest BCUT2D eigenvalue weighted by Crippen LogP contribution is 2.44. The third-order valence-electron chi connectivity index (χ3n) is 3.21. The number of aliphatic hydroxyl groups is 2. The lowest BCUT2D eigenvalue weighted by molar-refractivity contribution is -0.262. The number of carbonyl (C=O) groups is 1. The van der Waals surface area contributed by atoms with Gasteiger partial charge in [-0.05, 0) is 13.8 Å². The zero-order valence-electron chi connectivity index (χ0n) is 11.2. The molecule has 2 fully saturated rings. The Morgan fingerprint density at radius 3 is 2.63 bits per heavy atom. The van der Waals surface area contributed by atoms with Gasteiger partial charge in [-0.15, -0.1) is 0 Å². The Bertz CT molecular complexity index is 363. The maximum absolute atomic E-state index is 11.3. The van der Waals surface area contributed by atoms with Crippen LogP contribution in [0.4, 0.5) is 4.79 Å². The summed E-state index contributed by atoms with van der Waals surface area (Å²) in [6.07, 6.45) is -2.58. The first kappa shape index (κ1) is 14.5. The molecule has 0 aromatic rings. The van der Waals surface area contributed by atoms with Gasteiger partial charge in [0.05, 0.1) is 13.2 Å². The third kappa shape index (κ3) is 2.54. The third-order valence-corrected chi connectivity index (χ3v) is 3.21. The predicted molar refractivity (Wildman–Crippen MR) is 63.2 cm³/mol. The summed E-state index contributed by atoms with van der Waals surface area (Å²) in [6.45, 7) is 3.04. The van der Waals surface area contributed by atoms with Crippen LogP contribution in [0.25, 0.3) is 0 Å². The van der Waals surface area contributed by atoms with Crippen LogP contribution in [-0.4, -0.2) is 66.3 Å². The lowest BCUT2D eigenvalue weighted by atomic mass is 10.1. The summed E-state index contributed by atoms with van der Waals surface area (Å²) in [7, 11) is 1.49. The summed E-state index contributed by atoms with van der Waals surface area (Å²) in [5, 5.41) is 24.2. The van der Waals surface area contributed by atoms with E-state index in [2.05, 4.69) is 10.6 Å². The van der Waals surface area contributed by atoms with Crippen molar-refractivity contribution in [3.63, 3.8) is 0 Å². The summed E-state index contributed by atoms with van der Waals surface area (Å²) < 4.78 is 16.9. The van der Waals surface area contributed by atoms with Gasteiger partial charge in [0.1, 0.15) is 18.3 Å². The fourth-order valence-electron chi connectivity index (χ4n) is 2.45. The first-order chi connectivity index (χ1) is 8.83. The number of rotatable bonds is 3. The van der Waals surface area contributed by atoms with Crippen molar-refractivity contribution in [1.82, 2.24) is 10.6 Å². The van der Waals surface area contributed by atoms with E-state index < -0.39 is 35.9 Å². The van der Waals surface area contributed by atoms with E-state index in [1.54, 1.807) is 13.8 Å². The molecule has 0 aliphatic carbocycles. The van der Waals surface area contributed by atoms with Crippen molar-refractivity contribution in [2.24, 2.45) is 0 Å². The number of urea groups is 1. The molecule has 2 rings (SSSR count). The fourth-order valence-corrected chi connectivity index (χ4v) is 2.45. The van der Waals surface area contributed by atoms with Crippen LogP contribution < -0.4 is 10.6 Å². The second-order valence-electron chi connectivity index (χ2n) is 5.11. The number of aliphatic hydroxyl groups excluding tert-OH is 2. The van der Waals surface area contributed by atoms with Crippen molar-refractivity contribution in [3.8, 4) is 0 Å². The molecule has 2 amide bonds. The molecule has 0 radical (unpaired) electrons. The van der Waals surface area contributed by atoms with Crippen LogP contribution >= 0.6 is 0 Å². The molecule has 8 heteroatoms. The van der Waals surface area contributed by atoms with Gasteiger partial charge in [0.25, 0.3) is 0 Å². The van der Waals surface area contributed by atoms with Crippen molar-refractivity contribution < 1.29 is 29.2 Å². The monoisotopic (exact) mass is 276 g/mol. The topological polar surface area (TPSA) is 109 Å². The Labute approximate surface area is 111 Å². The Kier molecular flexibility index (Phi) is 3.72. The first-order valence-corrected chi connectivity index (χ1v) is 6.14. The maximum atomic E-state index is 11.3. The molecular formula is C11H20N2O6. The van der Waals surface area contributed by atoms with Crippen molar-refractivity contribution >= 4 is 6.03 Å². The van der Waals surface area contributed by atoms with Gasteiger partial charge in [-0.25, -0.2) is 4.79 Å². The van der Waals surface area contributed by atoms with Crippen LogP contribution in [0, 0.1) is 0 Å². The Hall–Kier alpha value is -0.930. The molecule has 4 atom stereocenters. The van der Waals surface area contributed by atoms with E-state index >= 15 is 0 Å². The van der Waals surface area contributed by atoms with E-state index in [0.717, 1.165) is 0 Å². The van der Waals surface area contributed by atoms with Crippen LogP contribution in [0.5, 0.6) is 0 Å². The predicted octanol–water partition coefficient (Wildman–Crippen LogP) is -1.48. The summed E-state index contributed by atoms with van der Waals surface area (Å²) in [5.41, 5.74) is 0. The quantitative estimate of drug-likeness (QED) is 0.500. The minimum Gasteiger partial charge on any atom is -0.394 e. The molecule has 19 heavy (non-hydrogen) atoms. The van der Waals surface area contributed by atoms with E-state index in [4.69, 9.17) is 19.3 Å². The fraction of sp³-hybridized carbons (Fsp3) is 0.909. The molecule has 4 N–H and O–H groups in total. The molecule has 8 nitrogen and oxygen atoms in total. The van der Waals surface area contributed by atoms with Crippen LogP contribution in [0.15, 0.2) is 0 Å². The Morgan fingerprint density at radius 2 is 2.05 bits per heavy atom. The summed E-state index contributed by atoms with van der Waals surface area (Å²) in [4.78, 5) is 11.3. The molecule has 0 bridgehead atoms. The van der Waals surface area contributed by atoms with Gasteiger partial charge in [0, 0.05) is 7.05 Å². The van der Waals surface area contributed by atoms with Crippen molar-refractivity contribution in [3.05, 3.63) is 0 Å². The SMILES string of the molecule is CNC(=O)NCC12OC(CO)C(O)C1OC(C)(C)O2. The summed E-state index contributed by atoms with van der Waals surface area (Å²) in [6, 6.07) is -0.396. The number of ether oxygens (including phenoxy) is 3. The number of fused-ring (bicyclic) bond motifs is 1. The van der Waals surface area contributed by atoms with Crippen molar-refractivity contribution in [2.75, 3.05) is 20.2 Å². The number of carbonyl (C=O) groups excluding carboxylic acids is 1.